The lowest BCUT2D eigenvalue weighted by Crippen LogP contribution is -2.09. The fourth-order valence-electron chi connectivity index (χ4n) is 0.982. The van der Waals surface area contributed by atoms with Crippen molar-refractivity contribution in [2.75, 3.05) is 5.73 Å². The molecule has 64 valence electrons. The Morgan fingerprint density at radius 1 is 1.83 bits per heavy atom. The fraction of sp³-hybridized carbons (Fsp3) is 0.500. The molecule has 0 amide bonds. The van der Waals surface area contributed by atoms with Crippen LogP contribution in [0.25, 0.3) is 0 Å². The molecule has 0 aliphatic heterocycles. The van der Waals surface area contributed by atoms with Crippen LogP contribution in [0.15, 0.2) is 6.20 Å². The van der Waals surface area contributed by atoms with Gasteiger partial charge in [-0.3, -0.25) is 0 Å². The first kappa shape index (κ1) is 8.60. The number of nitriles is 1. The Bertz CT molecular complexity index is 307. The maximum Gasteiger partial charge on any atom is 0.140 e. The molecule has 0 fully saturated rings. The van der Waals surface area contributed by atoms with Crippen LogP contribution in [-0.4, -0.2) is 9.78 Å². The Hall–Kier alpha value is -1.50. The molecule has 0 unspecified atom stereocenters. The van der Waals surface area contributed by atoms with Gasteiger partial charge in [-0.15, -0.1) is 0 Å². The Labute approximate surface area is 71.6 Å². The molecule has 0 saturated heterocycles. The molecule has 0 aliphatic carbocycles. The monoisotopic (exact) mass is 164 g/mol. The highest BCUT2D eigenvalue weighted by molar-refractivity contribution is 5.47. The maximum absolute atomic E-state index is 8.60. The Kier molecular flexibility index (Phi) is 2.34. The molecule has 1 atom stereocenters. The van der Waals surface area contributed by atoms with Crippen molar-refractivity contribution in [2.24, 2.45) is 0 Å². The number of hydrogen-bond acceptors (Lipinski definition) is 3. The van der Waals surface area contributed by atoms with Crippen molar-refractivity contribution < 1.29 is 0 Å². The largest absolute Gasteiger partial charge is 0.383 e. The van der Waals surface area contributed by atoms with E-state index >= 15 is 0 Å². The molecule has 0 aromatic carbocycles. The lowest BCUT2D eigenvalue weighted by Gasteiger charge is -2.10. The molecule has 0 aliphatic rings. The predicted octanol–water partition coefficient (Wildman–Crippen LogP) is 1.31. The molecule has 1 aromatic rings. The van der Waals surface area contributed by atoms with Crippen LogP contribution in [0.2, 0.25) is 0 Å². The molecule has 4 heteroatoms. The van der Waals surface area contributed by atoms with E-state index in [0.717, 1.165) is 6.42 Å². The van der Waals surface area contributed by atoms with Crippen molar-refractivity contribution in [3.63, 3.8) is 0 Å². The standard InChI is InChI=1S/C8H12N4/c1-3-6(2)12-8(10)7(4-9)5-11-12/h5-6H,3,10H2,1-2H3/t6-/m0/s1. The number of nitrogen functional groups attached to an aromatic ring is 1. The zero-order chi connectivity index (χ0) is 9.14. The number of nitrogens with two attached hydrogens (primary N) is 1. The summed E-state index contributed by atoms with van der Waals surface area (Å²) in [5, 5.41) is 12.6. The Morgan fingerprint density at radius 3 is 2.92 bits per heavy atom. The first-order valence-electron chi connectivity index (χ1n) is 3.93. The summed E-state index contributed by atoms with van der Waals surface area (Å²) in [6, 6.07) is 2.24. The molecule has 1 rings (SSSR count). The summed E-state index contributed by atoms with van der Waals surface area (Å²) in [5.74, 6) is 0.465. The van der Waals surface area contributed by atoms with E-state index in [2.05, 4.69) is 12.0 Å². The molecule has 0 saturated carbocycles. The summed E-state index contributed by atoms with van der Waals surface area (Å²) >= 11 is 0. The van der Waals surface area contributed by atoms with Crippen molar-refractivity contribution in [3.05, 3.63) is 11.8 Å². The van der Waals surface area contributed by atoms with Crippen molar-refractivity contribution in [2.45, 2.75) is 26.3 Å². The second kappa shape index (κ2) is 3.26. The van der Waals surface area contributed by atoms with Crippen LogP contribution >= 0.6 is 0 Å². The number of rotatable bonds is 2. The lowest BCUT2D eigenvalue weighted by molar-refractivity contribution is 0.485. The van der Waals surface area contributed by atoms with Gasteiger partial charge in [0.2, 0.25) is 0 Å². The number of hydrogen-bond donors (Lipinski definition) is 1. The van der Waals surface area contributed by atoms with E-state index < -0.39 is 0 Å². The van der Waals surface area contributed by atoms with Crippen LogP contribution < -0.4 is 5.73 Å². The molecular weight excluding hydrogens is 152 g/mol. The highest BCUT2D eigenvalue weighted by atomic mass is 15.3. The third-order valence-corrected chi connectivity index (χ3v) is 1.96. The van der Waals surface area contributed by atoms with Gasteiger partial charge in [0.15, 0.2) is 0 Å². The van der Waals surface area contributed by atoms with E-state index in [-0.39, 0.29) is 6.04 Å². The summed E-state index contributed by atoms with van der Waals surface area (Å²) in [7, 11) is 0. The minimum Gasteiger partial charge on any atom is -0.383 e. The van der Waals surface area contributed by atoms with Crippen LogP contribution in [0.1, 0.15) is 31.9 Å². The topological polar surface area (TPSA) is 67.6 Å². The van der Waals surface area contributed by atoms with Crippen LogP contribution in [0, 0.1) is 11.3 Å². The number of nitrogens with zero attached hydrogens (tertiary/aromatic N) is 3. The molecule has 2 N–H and O–H groups in total. The van der Waals surface area contributed by atoms with Gasteiger partial charge in [0.05, 0.1) is 12.2 Å². The van der Waals surface area contributed by atoms with E-state index in [1.807, 2.05) is 13.0 Å². The van der Waals surface area contributed by atoms with Gasteiger partial charge in [0, 0.05) is 0 Å². The molecule has 1 aromatic heterocycles. The second-order valence-electron chi connectivity index (χ2n) is 2.76. The van der Waals surface area contributed by atoms with E-state index in [0.29, 0.717) is 11.4 Å². The van der Waals surface area contributed by atoms with Crippen molar-refractivity contribution >= 4 is 5.82 Å². The van der Waals surface area contributed by atoms with E-state index in [4.69, 9.17) is 11.0 Å². The van der Waals surface area contributed by atoms with Crippen LogP contribution in [0.3, 0.4) is 0 Å². The van der Waals surface area contributed by atoms with Gasteiger partial charge in [-0.05, 0) is 13.3 Å². The minimum absolute atomic E-state index is 0.257. The average Bonchev–Trinajstić information content (AvgIpc) is 2.45. The Balaban J connectivity index is 3.04. The first-order chi connectivity index (χ1) is 5.70. The summed E-state index contributed by atoms with van der Waals surface area (Å²) in [4.78, 5) is 0. The highest BCUT2D eigenvalue weighted by Gasteiger charge is 2.10. The van der Waals surface area contributed by atoms with Gasteiger partial charge in [0.1, 0.15) is 17.5 Å². The van der Waals surface area contributed by atoms with Gasteiger partial charge in [-0.25, -0.2) is 4.68 Å². The summed E-state index contributed by atoms with van der Waals surface area (Å²) in [6.07, 6.45) is 2.46. The minimum atomic E-state index is 0.257. The van der Waals surface area contributed by atoms with Gasteiger partial charge >= 0.3 is 0 Å². The number of anilines is 1. The third kappa shape index (κ3) is 1.26. The maximum atomic E-state index is 8.60. The quantitative estimate of drug-likeness (QED) is 0.716. The van der Waals surface area contributed by atoms with Gasteiger partial charge < -0.3 is 5.73 Å². The fourth-order valence-corrected chi connectivity index (χ4v) is 0.982. The zero-order valence-electron chi connectivity index (χ0n) is 7.28. The Morgan fingerprint density at radius 2 is 2.50 bits per heavy atom. The van der Waals surface area contributed by atoms with Crippen LogP contribution in [0.5, 0.6) is 0 Å². The molecule has 0 bridgehead atoms. The lowest BCUT2D eigenvalue weighted by atomic mass is 10.2. The number of aromatic nitrogens is 2. The molecular formula is C8H12N4. The SMILES string of the molecule is CC[C@H](C)n1ncc(C#N)c1N. The van der Waals surface area contributed by atoms with E-state index in [9.17, 15) is 0 Å². The van der Waals surface area contributed by atoms with Crippen molar-refractivity contribution in [1.29, 1.82) is 5.26 Å². The third-order valence-electron chi connectivity index (χ3n) is 1.96. The van der Waals surface area contributed by atoms with Crippen molar-refractivity contribution in [1.82, 2.24) is 9.78 Å². The second-order valence-corrected chi connectivity index (χ2v) is 2.76. The van der Waals surface area contributed by atoms with E-state index in [1.165, 1.54) is 6.20 Å². The molecule has 1 heterocycles. The first-order valence-corrected chi connectivity index (χ1v) is 3.93. The summed E-state index contributed by atoms with van der Waals surface area (Å²) < 4.78 is 1.68. The molecule has 0 spiro atoms. The van der Waals surface area contributed by atoms with Crippen LogP contribution in [0.4, 0.5) is 5.82 Å². The molecule has 12 heavy (non-hydrogen) atoms. The average molecular weight is 164 g/mol. The van der Waals surface area contributed by atoms with E-state index in [1.54, 1.807) is 4.68 Å². The summed E-state index contributed by atoms with van der Waals surface area (Å²) in [5.41, 5.74) is 6.12. The summed E-state index contributed by atoms with van der Waals surface area (Å²) in [6.45, 7) is 4.07. The van der Waals surface area contributed by atoms with Crippen molar-refractivity contribution in [3.8, 4) is 6.07 Å². The normalized spacial score (nSPS) is 12.4. The predicted molar refractivity (Wildman–Crippen MR) is 46.4 cm³/mol. The highest BCUT2D eigenvalue weighted by Crippen LogP contribution is 2.17. The molecule has 4 nitrogen and oxygen atoms in total. The van der Waals surface area contributed by atoms with Gasteiger partial charge in [-0.2, -0.15) is 10.4 Å². The zero-order valence-corrected chi connectivity index (χ0v) is 7.28. The molecule has 0 radical (unpaired) electrons. The van der Waals surface area contributed by atoms with Gasteiger partial charge in [-0.1, -0.05) is 6.92 Å². The van der Waals surface area contributed by atoms with Crippen LogP contribution in [-0.2, 0) is 0 Å². The smallest absolute Gasteiger partial charge is 0.140 e. The van der Waals surface area contributed by atoms with Gasteiger partial charge in [0.25, 0.3) is 0 Å².